The van der Waals surface area contributed by atoms with Crippen LogP contribution in [0.4, 0.5) is 0 Å². The minimum Gasteiger partial charge on any atom is -0.453 e. The molecule has 4 rings (SSSR count). The predicted octanol–water partition coefficient (Wildman–Crippen LogP) is 1.76. The van der Waals surface area contributed by atoms with Gasteiger partial charge in [-0.1, -0.05) is 54.6 Å². The predicted molar refractivity (Wildman–Crippen MR) is 125 cm³/mol. The number of rotatable bonds is 6. The monoisotopic (exact) mass is 492 g/mol. The van der Waals surface area contributed by atoms with Crippen LogP contribution in [0.1, 0.15) is 31.1 Å². The van der Waals surface area contributed by atoms with Crippen molar-refractivity contribution in [3.8, 4) is 0 Å². The summed E-state index contributed by atoms with van der Waals surface area (Å²) in [6.45, 7) is 0. The van der Waals surface area contributed by atoms with E-state index in [9.17, 15) is 29.7 Å². The first kappa shape index (κ1) is 25.1. The molecule has 0 unspecified atom stereocenters. The standard InChI is InChI=1S/C27H24O9/c28-19-20(29)23(35-26(32)17-12-6-2-7-13-17)24(36-27(33)18-14-8-3-9-15-18)21(30)22(19)34-25(31)16-10-4-1-5-11-16/h1-15,19-24,28-30H/t19-,20-,21-,22+,23-,24+/m0/s1. The maximum Gasteiger partial charge on any atom is 0.338 e. The number of hydrogen-bond acceptors (Lipinski definition) is 9. The molecule has 0 bridgehead atoms. The second-order valence-electron chi connectivity index (χ2n) is 8.18. The summed E-state index contributed by atoms with van der Waals surface area (Å²) in [5.74, 6) is -2.63. The molecule has 0 aromatic heterocycles. The Bertz CT molecular complexity index is 1180. The highest BCUT2D eigenvalue weighted by atomic mass is 16.6. The van der Waals surface area contributed by atoms with Gasteiger partial charge < -0.3 is 29.5 Å². The highest BCUT2D eigenvalue weighted by molar-refractivity contribution is 5.91. The van der Waals surface area contributed by atoms with Gasteiger partial charge in [0.05, 0.1) is 16.7 Å². The van der Waals surface area contributed by atoms with Gasteiger partial charge in [0.15, 0.2) is 18.3 Å². The van der Waals surface area contributed by atoms with Crippen molar-refractivity contribution >= 4 is 17.9 Å². The highest BCUT2D eigenvalue weighted by Crippen LogP contribution is 2.30. The Morgan fingerprint density at radius 1 is 0.444 bits per heavy atom. The lowest BCUT2D eigenvalue weighted by molar-refractivity contribution is -0.223. The van der Waals surface area contributed by atoms with Crippen LogP contribution in [-0.2, 0) is 14.2 Å². The minimum absolute atomic E-state index is 0.135. The Morgan fingerprint density at radius 2 is 0.722 bits per heavy atom. The fourth-order valence-corrected chi connectivity index (χ4v) is 3.88. The molecule has 1 aliphatic rings. The molecule has 186 valence electrons. The molecule has 3 aromatic rings. The van der Waals surface area contributed by atoms with Crippen molar-refractivity contribution < 1.29 is 43.9 Å². The zero-order valence-corrected chi connectivity index (χ0v) is 18.9. The minimum atomic E-state index is -1.86. The van der Waals surface area contributed by atoms with Crippen molar-refractivity contribution in [1.82, 2.24) is 0 Å². The van der Waals surface area contributed by atoms with Crippen LogP contribution in [0.2, 0.25) is 0 Å². The summed E-state index contributed by atoms with van der Waals surface area (Å²) in [5, 5.41) is 32.6. The van der Waals surface area contributed by atoms with Gasteiger partial charge in [-0.15, -0.1) is 0 Å². The van der Waals surface area contributed by atoms with E-state index in [0.29, 0.717) is 0 Å². The van der Waals surface area contributed by atoms with E-state index in [1.165, 1.54) is 36.4 Å². The van der Waals surface area contributed by atoms with Gasteiger partial charge >= 0.3 is 17.9 Å². The molecule has 0 aliphatic heterocycles. The van der Waals surface area contributed by atoms with Gasteiger partial charge in [-0.05, 0) is 36.4 Å². The molecular formula is C27H24O9. The van der Waals surface area contributed by atoms with Crippen molar-refractivity contribution in [3.05, 3.63) is 108 Å². The van der Waals surface area contributed by atoms with Crippen LogP contribution in [0.25, 0.3) is 0 Å². The summed E-state index contributed by atoms with van der Waals surface area (Å²) < 4.78 is 16.1. The Labute approximate surface area is 206 Å². The summed E-state index contributed by atoms with van der Waals surface area (Å²) in [6, 6.07) is 23.5. The summed E-state index contributed by atoms with van der Waals surface area (Å²) in [7, 11) is 0. The van der Waals surface area contributed by atoms with Crippen LogP contribution in [0.3, 0.4) is 0 Å². The molecule has 0 saturated heterocycles. The van der Waals surface area contributed by atoms with Crippen molar-refractivity contribution in [2.75, 3.05) is 0 Å². The molecule has 0 radical (unpaired) electrons. The summed E-state index contributed by atoms with van der Waals surface area (Å²) in [6.07, 6.45) is -10.6. The van der Waals surface area contributed by atoms with Crippen LogP contribution < -0.4 is 0 Å². The third kappa shape index (κ3) is 5.44. The molecule has 0 amide bonds. The fourth-order valence-electron chi connectivity index (χ4n) is 3.88. The van der Waals surface area contributed by atoms with Crippen molar-refractivity contribution in [2.45, 2.75) is 36.6 Å². The van der Waals surface area contributed by atoms with Crippen LogP contribution in [-0.4, -0.2) is 69.9 Å². The first-order valence-electron chi connectivity index (χ1n) is 11.2. The molecule has 3 N–H and O–H groups in total. The largest absolute Gasteiger partial charge is 0.453 e. The average Bonchev–Trinajstić information content (AvgIpc) is 2.92. The van der Waals surface area contributed by atoms with Gasteiger partial charge in [-0.2, -0.15) is 0 Å². The smallest absolute Gasteiger partial charge is 0.338 e. The molecule has 9 heteroatoms. The first-order valence-corrected chi connectivity index (χ1v) is 11.2. The van der Waals surface area contributed by atoms with E-state index in [1.807, 2.05) is 0 Å². The molecule has 1 fully saturated rings. The quantitative estimate of drug-likeness (QED) is 0.347. The molecule has 0 spiro atoms. The first-order chi connectivity index (χ1) is 17.4. The molecule has 36 heavy (non-hydrogen) atoms. The lowest BCUT2D eigenvalue weighted by Crippen LogP contribution is -2.66. The van der Waals surface area contributed by atoms with Crippen molar-refractivity contribution in [3.63, 3.8) is 0 Å². The number of aliphatic hydroxyl groups excluding tert-OH is 3. The van der Waals surface area contributed by atoms with E-state index < -0.39 is 54.5 Å². The number of carbonyl (C=O) groups excluding carboxylic acids is 3. The zero-order chi connectivity index (χ0) is 25.7. The highest BCUT2D eigenvalue weighted by Gasteiger charge is 2.55. The number of hydrogen-bond donors (Lipinski definition) is 3. The molecule has 6 atom stereocenters. The van der Waals surface area contributed by atoms with E-state index >= 15 is 0 Å². The maximum absolute atomic E-state index is 12.8. The zero-order valence-electron chi connectivity index (χ0n) is 18.9. The third-order valence-corrected chi connectivity index (χ3v) is 5.78. The maximum atomic E-state index is 12.8. The average molecular weight is 492 g/mol. The number of ether oxygens (including phenoxy) is 3. The van der Waals surface area contributed by atoms with Crippen molar-refractivity contribution in [2.24, 2.45) is 0 Å². The molecule has 3 aromatic carbocycles. The summed E-state index contributed by atoms with van der Waals surface area (Å²) in [5.41, 5.74) is 0.414. The summed E-state index contributed by atoms with van der Waals surface area (Å²) >= 11 is 0. The van der Waals surface area contributed by atoms with E-state index in [4.69, 9.17) is 14.2 Å². The van der Waals surface area contributed by atoms with Gasteiger partial charge in [0.25, 0.3) is 0 Å². The van der Waals surface area contributed by atoms with Crippen LogP contribution in [0.5, 0.6) is 0 Å². The van der Waals surface area contributed by atoms with Gasteiger partial charge in [0, 0.05) is 0 Å². The van der Waals surface area contributed by atoms with Gasteiger partial charge in [-0.3, -0.25) is 0 Å². The Hall–Kier alpha value is -4.05. The second-order valence-corrected chi connectivity index (χ2v) is 8.18. The SMILES string of the molecule is O=C(O[C@@H]1[C@@H](O)[C@H](O)[C@H](OC(=O)c2ccccc2)[C@H](OC(=O)c2ccccc2)[C@H]1O)c1ccccc1. The number of esters is 3. The summed E-state index contributed by atoms with van der Waals surface area (Å²) in [4.78, 5) is 38.1. The second kappa shape index (κ2) is 11.1. The fraction of sp³-hybridized carbons (Fsp3) is 0.222. The van der Waals surface area contributed by atoms with Crippen molar-refractivity contribution in [1.29, 1.82) is 0 Å². The van der Waals surface area contributed by atoms with Crippen LogP contribution >= 0.6 is 0 Å². The normalized spacial score (nSPS) is 25.4. The third-order valence-electron chi connectivity index (χ3n) is 5.78. The Kier molecular flexibility index (Phi) is 7.74. The molecular weight excluding hydrogens is 468 g/mol. The van der Waals surface area contributed by atoms with E-state index in [1.54, 1.807) is 54.6 Å². The van der Waals surface area contributed by atoms with E-state index in [2.05, 4.69) is 0 Å². The van der Waals surface area contributed by atoms with Gasteiger partial charge in [0.2, 0.25) is 0 Å². The number of benzene rings is 3. The lowest BCUT2D eigenvalue weighted by atomic mass is 9.84. The van der Waals surface area contributed by atoms with Crippen LogP contribution in [0.15, 0.2) is 91.0 Å². The molecule has 0 heterocycles. The van der Waals surface area contributed by atoms with E-state index in [0.717, 1.165) is 0 Å². The van der Waals surface area contributed by atoms with Gasteiger partial charge in [0.1, 0.15) is 18.3 Å². The Balaban J connectivity index is 1.61. The van der Waals surface area contributed by atoms with Crippen LogP contribution in [0, 0.1) is 0 Å². The van der Waals surface area contributed by atoms with Gasteiger partial charge in [-0.25, -0.2) is 14.4 Å². The van der Waals surface area contributed by atoms with E-state index in [-0.39, 0.29) is 16.7 Å². The number of carbonyl (C=O) groups is 3. The molecule has 1 aliphatic carbocycles. The molecule has 1 saturated carbocycles. The Morgan fingerprint density at radius 3 is 1.08 bits per heavy atom. The topological polar surface area (TPSA) is 140 Å². The number of aliphatic hydroxyl groups is 3. The molecule has 9 nitrogen and oxygen atoms in total. The lowest BCUT2D eigenvalue weighted by Gasteiger charge is -2.43.